The second kappa shape index (κ2) is 7.55. The number of fused-ring (bicyclic) bond motifs is 1. The average Bonchev–Trinajstić information content (AvgIpc) is 2.55. The molecule has 0 fully saturated rings. The predicted molar refractivity (Wildman–Crippen MR) is 87.3 cm³/mol. The third-order valence-corrected chi connectivity index (χ3v) is 4.10. The van der Waals surface area contributed by atoms with Crippen LogP contribution < -0.4 is 5.32 Å². The molecule has 21 heavy (non-hydrogen) atoms. The minimum Gasteiger partial charge on any atom is -0.395 e. The highest BCUT2D eigenvalue weighted by atomic mass is 16.3. The standard InChI is InChI=1S/C18H25NO2/c1-3-16(12-20)19-17(4-2)18(21)15-10-9-13-7-5-6-8-14(13)11-15/h5-11,16-21H,3-4,12H2,1-2H3. The molecule has 3 nitrogen and oxygen atoms in total. The van der Waals surface area contributed by atoms with E-state index in [9.17, 15) is 10.2 Å². The normalized spacial score (nSPS) is 15.8. The third kappa shape index (κ3) is 3.82. The largest absolute Gasteiger partial charge is 0.395 e. The number of aliphatic hydroxyl groups excluding tert-OH is 2. The van der Waals surface area contributed by atoms with E-state index < -0.39 is 6.10 Å². The Morgan fingerprint density at radius 3 is 2.33 bits per heavy atom. The van der Waals surface area contributed by atoms with Gasteiger partial charge in [-0.1, -0.05) is 50.2 Å². The number of hydrogen-bond acceptors (Lipinski definition) is 3. The van der Waals surface area contributed by atoms with E-state index in [0.29, 0.717) is 0 Å². The Hall–Kier alpha value is -1.42. The van der Waals surface area contributed by atoms with Gasteiger partial charge in [0.05, 0.1) is 12.7 Å². The summed E-state index contributed by atoms with van der Waals surface area (Å²) in [5, 5.41) is 25.6. The van der Waals surface area contributed by atoms with Gasteiger partial charge in [-0.3, -0.25) is 0 Å². The number of rotatable bonds is 7. The average molecular weight is 287 g/mol. The molecule has 3 atom stereocenters. The molecule has 2 rings (SSSR count). The first kappa shape index (κ1) is 16.0. The Morgan fingerprint density at radius 1 is 1.00 bits per heavy atom. The van der Waals surface area contributed by atoms with Gasteiger partial charge in [0, 0.05) is 12.1 Å². The molecule has 3 N–H and O–H groups in total. The summed E-state index contributed by atoms with van der Waals surface area (Å²) >= 11 is 0. The Bertz CT molecular complexity index is 566. The van der Waals surface area contributed by atoms with E-state index in [-0.39, 0.29) is 18.7 Å². The zero-order chi connectivity index (χ0) is 15.2. The van der Waals surface area contributed by atoms with Gasteiger partial charge < -0.3 is 15.5 Å². The highest BCUT2D eigenvalue weighted by Crippen LogP contribution is 2.24. The lowest BCUT2D eigenvalue weighted by Crippen LogP contribution is -2.43. The Balaban J connectivity index is 2.20. The Labute approximate surface area is 126 Å². The number of nitrogens with one attached hydrogen (secondary N) is 1. The van der Waals surface area contributed by atoms with Gasteiger partial charge >= 0.3 is 0 Å². The van der Waals surface area contributed by atoms with Crippen molar-refractivity contribution in [1.29, 1.82) is 0 Å². The lowest BCUT2D eigenvalue weighted by Gasteiger charge is -2.27. The predicted octanol–water partition coefficient (Wildman–Crippen LogP) is 3.01. The van der Waals surface area contributed by atoms with Crippen LogP contribution in [-0.2, 0) is 0 Å². The molecule has 0 saturated carbocycles. The molecule has 0 bridgehead atoms. The highest BCUT2D eigenvalue weighted by molar-refractivity contribution is 5.83. The quantitative estimate of drug-likeness (QED) is 0.734. The second-order valence-corrected chi connectivity index (χ2v) is 5.52. The summed E-state index contributed by atoms with van der Waals surface area (Å²) in [7, 11) is 0. The second-order valence-electron chi connectivity index (χ2n) is 5.52. The lowest BCUT2D eigenvalue weighted by molar-refractivity contribution is 0.109. The minimum absolute atomic E-state index is 0.0325. The zero-order valence-electron chi connectivity index (χ0n) is 12.8. The van der Waals surface area contributed by atoms with Crippen molar-refractivity contribution >= 4 is 10.8 Å². The molecule has 0 radical (unpaired) electrons. The lowest BCUT2D eigenvalue weighted by atomic mass is 9.96. The van der Waals surface area contributed by atoms with E-state index in [0.717, 1.165) is 23.8 Å². The Morgan fingerprint density at radius 2 is 1.71 bits per heavy atom. The monoisotopic (exact) mass is 287 g/mol. The summed E-state index contributed by atoms with van der Waals surface area (Å²) in [4.78, 5) is 0. The summed E-state index contributed by atoms with van der Waals surface area (Å²) in [5.74, 6) is 0. The number of aliphatic hydroxyl groups is 2. The van der Waals surface area contributed by atoms with Crippen molar-refractivity contribution in [2.75, 3.05) is 6.61 Å². The molecule has 0 heterocycles. The van der Waals surface area contributed by atoms with Gasteiger partial charge in [0.15, 0.2) is 0 Å². The maximum absolute atomic E-state index is 10.6. The minimum atomic E-state index is -0.569. The van der Waals surface area contributed by atoms with Crippen molar-refractivity contribution in [3.8, 4) is 0 Å². The van der Waals surface area contributed by atoms with E-state index in [4.69, 9.17) is 0 Å². The van der Waals surface area contributed by atoms with Gasteiger partial charge in [-0.05, 0) is 35.2 Å². The van der Waals surface area contributed by atoms with Crippen molar-refractivity contribution in [3.63, 3.8) is 0 Å². The fraction of sp³-hybridized carbons (Fsp3) is 0.444. The first-order valence-corrected chi connectivity index (χ1v) is 7.73. The van der Waals surface area contributed by atoms with Crippen LogP contribution in [0.1, 0.15) is 38.4 Å². The summed E-state index contributed by atoms with van der Waals surface area (Å²) in [5.41, 5.74) is 0.917. The SMILES string of the molecule is CCC(CO)NC(CC)C(O)c1ccc2ccccc2c1. The maximum Gasteiger partial charge on any atom is 0.0943 e. The molecule has 3 unspecified atom stereocenters. The van der Waals surface area contributed by atoms with E-state index in [1.807, 2.05) is 44.2 Å². The summed E-state index contributed by atoms with van der Waals surface area (Å²) in [6.07, 6.45) is 1.09. The molecule has 0 aliphatic carbocycles. The van der Waals surface area contributed by atoms with Gasteiger partial charge in [-0.2, -0.15) is 0 Å². The van der Waals surface area contributed by atoms with Gasteiger partial charge in [-0.15, -0.1) is 0 Å². The number of benzene rings is 2. The van der Waals surface area contributed by atoms with Crippen LogP contribution in [0.3, 0.4) is 0 Å². The maximum atomic E-state index is 10.6. The fourth-order valence-corrected chi connectivity index (χ4v) is 2.66. The molecule has 0 aliphatic rings. The molecule has 0 aliphatic heterocycles. The van der Waals surface area contributed by atoms with Crippen molar-refractivity contribution < 1.29 is 10.2 Å². The summed E-state index contributed by atoms with van der Waals surface area (Å²) in [6.45, 7) is 4.17. The highest BCUT2D eigenvalue weighted by Gasteiger charge is 2.21. The van der Waals surface area contributed by atoms with E-state index in [1.54, 1.807) is 0 Å². The molecule has 0 aromatic heterocycles. The van der Waals surface area contributed by atoms with Gasteiger partial charge in [-0.25, -0.2) is 0 Å². The first-order valence-electron chi connectivity index (χ1n) is 7.73. The Kier molecular flexibility index (Phi) is 5.74. The zero-order valence-corrected chi connectivity index (χ0v) is 12.8. The number of hydrogen-bond donors (Lipinski definition) is 3. The molecule has 0 saturated heterocycles. The van der Waals surface area contributed by atoms with Crippen LogP contribution in [0.15, 0.2) is 42.5 Å². The molecule has 2 aromatic rings. The third-order valence-electron chi connectivity index (χ3n) is 4.10. The van der Waals surface area contributed by atoms with Crippen LogP contribution in [0.4, 0.5) is 0 Å². The molecule has 114 valence electrons. The molecular formula is C18H25NO2. The van der Waals surface area contributed by atoms with Gasteiger partial charge in [0.1, 0.15) is 0 Å². The fourth-order valence-electron chi connectivity index (χ4n) is 2.66. The van der Waals surface area contributed by atoms with Crippen LogP contribution in [0.5, 0.6) is 0 Å². The summed E-state index contributed by atoms with van der Waals surface area (Å²) in [6, 6.07) is 14.2. The van der Waals surface area contributed by atoms with Crippen LogP contribution in [0.2, 0.25) is 0 Å². The van der Waals surface area contributed by atoms with Crippen LogP contribution in [-0.4, -0.2) is 28.9 Å². The molecule has 2 aromatic carbocycles. The molecular weight excluding hydrogens is 262 g/mol. The first-order chi connectivity index (χ1) is 10.2. The smallest absolute Gasteiger partial charge is 0.0943 e. The topological polar surface area (TPSA) is 52.5 Å². The van der Waals surface area contributed by atoms with E-state index >= 15 is 0 Å². The van der Waals surface area contributed by atoms with E-state index in [1.165, 1.54) is 5.39 Å². The van der Waals surface area contributed by atoms with Crippen molar-refractivity contribution in [2.24, 2.45) is 0 Å². The van der Waals surface area contributed by atoms with Crippen molar-refractivity contribution in [2.45, 2.75) is 44.9 Å². The van der Waals surface area contributed by atoms with Crippen molar-refractivity contribution in [1.82, 2.24) is 5.32 Å². The van der Waals surface area contributed by atoms with Crippen molar-refractivity contribution in [3.05, 3.63) is 48.0 Å². The molecule has 0 spiro atoms. The molecule has 3 heteroatoms. The van der Waals surface area contributed by atoms with E-state index in [2.05, 4.69) is 17.4 Å². The van der Waals surface area contributed by atoms with Crippen LogP contribution >= 0.6 is 0 Å². The van der Waals surface area contributed by atoms with Crippen LogP contribution in [0.25, 0.3) is 10.8 Å². The van der Waals surface area contributed by atoms with Gasteiger partial charge in [0.25, 0.3) is 0 Å². The van der Waals surface area contributed by atoms with Crippen LogP contribution in [0, 0.1) is 0 Å². The molecule has 0 amide bonds. The summed E-state index contributed by atoms with van der Waals surface area (Å²) < 4.78 is 0. The van der Waals surface area contributed by atoms with Gasteiger partial charge in [0.2, 0.25) is 0 Å².